The van der Waals surface area contributed by atoms with E-state index in [0.29, 0.717) is 22.9 Å². The topological polar surface area (TPSA) is 45.0 Å². The van der Waals surface area contributed by atoms with Gasteiger partial charge in [-0.1, -0.05) is 23.7 Å². The number of ether oxygens (including phenoxy) is 1. The van der Waals surface area contributed by atoms with Crippen LogP contribution >= 0.6 is 11.6 Å². The molecule has 20 heavy (non-hydrogen) atoms. The maximum absolute atomic E-state index is 8.95. The molecule has 4 heteroatoms. The van der Waals surface area contributed by atoms with Gasteiger partial charge in [-0.2, -0.15) is 5.26 Å². The number of nitrogens with one attached hydrogen (secondary N) is 1. The highest BCUT2D eigenvalue weighted by molar-refractivity contribution is 6.33. The third kappa shape index (κ3) is 3.23. The summed E-state index contributed by atoms with van der Waals surface area (Å²) in [6, 6.07) is 13.5. The zero-order chi connectivity index (χ0) is 14.5. The summed E-state index contributed by atoms with van der Waals surface area (Å²) in [5.74, 6) is 0.585. The molecule has 0 aliphatic carbocycles. The Labute approximate surface area is 123 Å². The lowest BCUT2D eigenvalue weighted by Gasteiger charge is -2.11. The maximum atomic E-state index is 8.95. The SMILES string of the molecule is COc1cc(CNc2cc(C)ccc2Cl)ccc1C#N. The summed E-state index contributed by atoms with van der Waals surface area (Å²) in [4.78, 5) is 0. The number of nitriles is 1. The lowest BCUT2D eigenvalue weighted by molar-refractivity contribution is 0.413. The van der Waals surface area contributed by atoms with Crippen LogP contribution in [0.4, 0.5) is 5.69 Å². The first-order valence-corrected chi connectivity index (χ1v) is 6.59. The lowest BCUT2D eigenvalue weighted by atomic mass is 10.1. The second kappa shape index (κ2) is 6.31. The van der Waals surface area contributed by atoms with E-state index >= 15 is 0 Å². The molecule has 0 heterocycles. The zero-order valence-electron chi connectivity index (χ0n) is 11.4. The molecule has 0 aromatic heterocycles. The van der Waals surface area contributed by atoms with Crippen molar-refractivity contribution in [1.29, 1.82) is 5.26 Å². The molecule has 0 fully saturated rings. The van der Waals surface area contributed by atoms with Crippen LogP contribution in [0.2, 0.25) is 5.02 Å². The average molecular weight is 287 g/mol. The molecule has 0 bridgehead atoms. The van der Waals surface area contributed by atoms with Gasteiger partial charge in [0.05, 0.1) is 23.4 Å². The van der Waals surface area contributed by atoms with E-state index in [4.69, 9.17) is 21.6 Å². The molecule has 102 valence electrons. The van der Waals surface area contributed by atoms with E-state index in [1.165, 1.54) is 0 Å². The van der Waals surface area contributed by atoms with Crippen LogP contribution in [0.5, 0.6) is 5.75 Å². The van der Waals surface area contributed by atoms with E-state index in [2.05, 4.69) is 11.4 Å². The molecule has 0 radical (unpaired) electrons. The first kappa shape index (κ1) is 14.2. The van der Waals surface area contributed by atoms with Crippen molar-refractivity contribution in [1.82, 2.24) is 0 Å². The van der Waals surface area contributed by atoms with Crippen molar-refractivity contribution in [2.75, 3.05) is 12.4 Å². The van der Waals surface area contributed by atoms with Crippen molar-refractivity contribution < 1.29 is 4.74 Å². The summed E-state index contributed by atoms with van der Waals surface area (Å²) >= 11 is 6.14. The monoisotopic (exact) mass is 286 g/mol. The number of benzene rings is 2. The molecular weight excluding hydrogens is 272 g/mol. The van der Waals surface area contributed by atoms with Crippen LogP contribution in [0.25, 0.3) is 0 Å². The molecule has 0 aliphatic rings. The predicted molar refractivity (Wildman–Crippen MR) is 81.2 cm³/mol. The fourth-order valence-corrected chi connectivity index (χ4v) is 2.09. The molecule has 0 aliphatic heterocycles. The lowest BCUT2D eigenvalue weighted by Crippen LogP contribution is -2.01. The number of methoxy groups -OCH3 is 1. The smallest absolute Gasteiger partial charge is 0.136 e. The molecule has 2 aromatic carbocycles. The molecule has 0 spiro atoms. The van der Waals surface area contributed by atoms with Crippen LogP contribution in [-0.4, -0.2) is 7.11 Å². The fraction of sp³-hybridized carbons (Fsp3) is 0.188. The van der Waals surface area contributed by atoms with Gasteiger partial charge in [-0.15, -0.1) is 0 Å². The number of anilines is 1. The van der Waals surface area contributed by atoms with E-state index in [0.717, 1.165) is 16.8 Å². The molecule has 2 rings (SSSR count). The number of halogens is 1. The van der Waals surface area contributed by atoms with Crippen molar-refractivity contribution >= 4 is 17.3 Å². The largest absolute Gasteiger partial charge is 0.495 e. The Balaban J connectivity index is 2.15. The van der Waals surface area contributed by atoms with Crippen LogP contribution < -0.4 is 10.1 Å². The predicted octanol–water partition coefficient (Wildman–Crippen LogP) is 4.14. The van der Waals surface area contributed by atoms with Crippen molar-refractivity contribution in [3.8, 4) is 11.8 Å². The van der Waals surface area contributed by atoms with E-state index in [9.17, 15) is 0 Å². The van der Waals surface area contributed by atoms with Gasteiger partial charge in [-0.3, -0.25) is 0 Å². The van der Waals surface area contributed by atoms with Crippen molar-refractivity contribution in [2.45, 2.75) is 13.5 Å². The summed E-state index contributed by atoms with van der Waals surface area (Å²) in [5, 5.41) is 12.9. The van der Waals surface area contributed by atoms with E-state index in [-0.39, 0.29) is 0 Å². The van der Waals surface area contributed by atoms with E-state index in [1.54, 1.807) is 13.2 Å². The maximum Gasteiger partial charge on any atom is 0.136 e. The van der Waals surface area contributed by atoms with E-state index in [1.807, 2.05) is 37.3 Å². The Hall–Kier alpha value is -2.18. The fourth-order valence-electron chi connectivity index (χ4n) is 1.91. The molecule has 0 saturated carbocycles. The Bertz CT molecular complexity index is 662. The summed E-state index contributed by atoms with van der Waals surface area (Å²) < 4.78 is 5.20. The van der Waals surface area contributed by atoms with Crippen LogP contribution in [0, 0.1) is 18.3 Å². The zero-order valence-corrected chi connectivity index (χ0v) is 12.2. The minimum atomic E-state index is 0.532. The van der Waals surface area contributed by atoms with Gasteiger partial charge < -0.3 is 10.1 Å². The minimum absolute atomic E-state index is 0.532. The molecule has 2 aromatic rings. The summed E-state index contributed by atoms with van der Waals surface area (Å²) in [5.41, 5.74) is 3.60. The highest BCUT2D eigenvalue weighted by atomic mass is 35.5. The molecule has 0 saturated heterocycles. The quantitative estimate of drug-likeness (QED) is 0.919. The van der Waals surface area contributed by atoms with Crippen LogP contribution in [0.1, 0.15) is 16.7 Å². The number of hydrogen-bond donors (Lipinski definition) is 1. The van der Waals surface area contributed by atoms with Crippen molar-refractivity contribution in [3.05, 3.63) is 58.1 Å². The Morgan fingerprint density at radius 2 is 2.05 bits per heavy atom. The van der Waals surface area contributed by atoms with Crippen molar-refractivity contribution in [2.24, 2.45) is 0 Å². The van der Waals surface area contributed by atoms with E-state index < -0.39 is 0 Å². The van der Waals surface area contributed by atoms with Gasteiger partial charge in [0.1, 0.15) is 11.8 Å². The van der Waals surface area contributed by atoms with Crippen LogP contribution in [0.3, 0.4) is 0 Å². The third-order valence-corrected chi connectivity index (χ3v) is 3.32. The highest BCUT2D eigenvalue weighted by Crippen LogP contribution is 2.24. The molecular formula is C16H15ClN2O. The average Bonchev–Trinajstić information content (AvgIpc) is 2.47. The van der Waals surface area contributed by atoms with Gasteiger partial charge in [0.15, 0.2) is 0 Å². The minimum Gasteiger partial charge on any atom is -0.495 e. The van der Waals surface area contributed by atoms with Crippen LogP contribution in [0.15, 0.2) is 36.4 Å². The van der Waals surface area contributed by atoms with Gasteiger partial charge in [0.2, 0.25) is 0 Å². The standard InChI is InChI=1S/C16H15ClN2O/c1-11-3-6-14(17)15(7-11)19-10-12-4-5-13(9-18)16(8-12)20-2/h3-8,19H,10H2,1-2H3. The third-order valence-electron chi connectivity index (χ3n) is 2.99. The number of aryl methyl sites for hydroxylation is 1. The molecule has 0 atom stereocenters. The van der Waals surface area contributed by atoms with Gasteiger partial charge >= 0.3 is 0 Å². The first-order chi connectivity index (χ1) is 9.63. The van der Waals surface area contributed by atoms with Crippen molar-refractivity contribution in [3.63, 3.8) is 0 Å². The van der Waals surface area contributed by atoms with Gasteiger partial charge in [0, 0.05) is 6.54 Å². The second-order valence-corrected chi connectivity index (χ2v) is 4.89. The molecule has 0 amide bonds. The van der Waals surface area contributed by atoms with Gasteiger partial charge in [-0.05, 0) is 42.3 Å². The molecule has 1 N–H and O–H groups in total. The van der Waals surface area contributed by atoms with Gasteiger partial charge in [-0.25, -0.2) is 0 Å². The summed E-state index contributed by atoms with van der Waals surface area (Å²) in [6.45, 7) is 2.64. The molecule has 0 unspecified atom stereocenters. The number of nitrogens with zero attached hydrogens (tertiary/aromatic N) is 1. The summed E-state index contributed by atoms with van der Waals surface area (Å²) in [6.07, 6.45) is 0. The highest BCUT2D eigenvalue weighted by Gasteiger charge is 2.05. The Morgan fingerprint density at radius 1 is 1.25 bits per heavy atom. The summed E-state index contributed by atoms with van der Waals surface area (Å²) in [7, 11) is 1.56. The Morgan fingerprint density at radius 3 is 2.75 bits per heavy atom. The second-order valence-electron chi connectivity index (χ2n) is 4.48. The molecule has 3 nitrogen and oxygen atoms in total. The number of hydrogen-bond acceptors (Lipinski definition) is 3. The van der Waals surface area contributed by atoms with Crippen LogP contribution in [-0.2, 0) is 6.54 Å². The first-order valence-electron chi connectivity index (χ1n) is 6.21. The normalized spacial score (nSPS) is 9.90. The van der Waals surface area contributed by atoms with Gasteiger partial charge in [0.25, 0.3) is 0 Å². The Kier molecular flexibility index (Phi) is 4.49. The number of rotatable bonds is 4.